The van der Waals surface area contributed by atoms with Gasteiger partial charge in [-0.1, -0.05) is 33.8 Å². The second-order valence-corrected chi connectivity index (χ2v) is 10.9. The molecule has 1 aromatic carbocycles. The molecule has 3 heterocycles. The quantitative estimate of drug-likeness (QED) is 0.370. The molecule has 0 radical (unpaired) electrons. The number of nitrogens with zero attached hydrogens (tertiary/aromatic N) is 5. The fourth-order valence-electron chi connectivity index (χ4n) is 6.31. The van der Waals surface area contributed by atoms with Gasteiger partial charge in [-0.3, -0.25) is 4.98 Å². The van der Waals surface area contributed by atoms with Crippen molar-refractivity contribution in [2.75, 3.05) is 0 Å². The van der Waals surface area contributed by atoms with E-state index in [1.807, 2.05) is 13.8 Å². The molecule has 1 saturated carbocycles. The third-order valence-electron chi connectivity index (χ3n) is 8.35. The Hall–Kier alpha value is -3.59. The molecule has 3 atom stereocenters. The Morgan fingerprint density at radius 1 is 1.05 bits per heavy atom. The van der Waals surface area contributed by atoms with Gasteiger partial charge in [-0.05, 0) is 53.9 Å². The van der Waals surface area contributed by atoms with Gasteiger partial charge < -0.3 is 9.52 Å². The minimum Gasteiger partial charge on any atom is -0.443 e. The van der Waals surface area contributed by atoms with Crippen molar-refractivity contribution in [1.29, 1.82) is 0 Å². The number of hydrogen-bond donors (Lipinski definition) is 1. The number of halogens is 2. The molecule has 0 aliphatic heterocycles. The predicted octanol–water partition coefficient (Wildman–Crippen LogP) is 5.76. The van der Waals surface area contributed by atoms with E-state index >= 15 is 0 Å². The van der Waals surface area contributed by atoms with Gasteiger partial charge in [0.15, 0.2) is 0 Å². The van der Waals surface area contributed by atoms with Gasteiger partial charge in [0.05, 0.1) is 34.3 Å². The fraction of sp³-hybridized carbons (Fsp3) is 0.393. The summed E-state index contributed by atoms with van der Waals surface area (Å²) >= 11 is 0. The Morgan fingerprint density at radius 2 is 1.81 bits per heavy atom. The maximum absolute atomic E-state index is 14.5. The normalized spacial score (nSPS) is 22.4. The van der Waals surface area contributed by atoms with Crippen molar-refractivity contribution in [3.05, 3.63) is 77.2 Å². The summed E-state index contributed by atoms with van der Waals surface area (Å²) in [7, 11) is 0. The molecule has 1 N–H and O–H groups in total. The first-order chi connectivity index (χ1) is 17.6. The van der Waals surface area contributed by atoms with Crippen LogP contribution in [-0.4, -0.2) is 30.3 Å². The van der Waals surface area contributed by atoms with E-state index in [-0.39, 0.29) is 34.4 Å². The van der Waals surface area contributed by atoms with E-state index < -0.39 is 23.2 Å². The zero-order valence-corrected chi connectivity index (χ0v) is 21.0. The van der Waals surface area contributed by atoms with Crippen LogP contribution in [0.3, 0.4) is 0 Å². The summed E-state index contributed by atoms with van der Waals surface area (Å²) in [5.74, 6) is -0.952. The zero-order chi connectivity index (χ0) is 26.1. The van der Waals surface area contributed by atoms with E-state index in [0.717, 1.165) is 29.8 Å². The van der Waals surface area contributed by atoms with Gasteiger partial charge >= 0.3 is 0 Å². The van der Waals surface area contributed by atoms with Crippen LogP contribution in [0.25, 0.3) is 22.8 Å². The van der Waals surface area contributed by atoms with E-state index in [1.165, 1.54) is 24.5 Å². The number of hydrogen-bond acceptors (Lipinski definition) is 7. The number of aliphatic hydroxyl groups excluding tert-OH is 1. The topological polar surface area (TPSA) is 97.8 Å². The zero-order valence-electron chi connectivity index (χ0n) is 21.0. The van der Waals surface area contributed by atoms with E-state index in [9.17, 15) is 13.9 Å². The van der Waals surface area contributed by atoms with Crippen LogP contribution < -0.4 is 0 Å². The second kappa shape index (κ2) is 8.21. The van der Waals surface area contributed by atoms with Gasteiger partial charge in [0.2, 0.25) is 5.89 Å². The smallest absolute Gasteiger partial charge is 0.247 e. The molecule has 3 aromatic heterocycles. The molecular weight excluding hydrogens is 476 g/mol. The number of oxazole rings is 1. The highest BCUT2D eigenvalue weighted by Gasteiger charge is 2.65. The lowest BCUT2D eigenvalue weighted by Crippen LogP contribution is -2.38. The minimum atomic E-state index is -0.743. The first-order valence-corrected chi connectivity index (χ1v) is 12.4. The van der Waals surface area contributed by atoms with Crippen LogP contribution >= 0.6 is 0 Å². The molecule has 2 aliphatic rings. The highest BCUT2D eigenvalue weighted by atomic mass is 19.1. The van der Waals surface area contributed by atoms with Crippen molar-refractivity contribution in [2.24, 2.45) is 11.3 Å². The molecule has 7 nitrogen and oxygen atoms in total. The average molecular weight is 504 g/mol. The van der Waals surface area contributed by atoms with Gasteiger partial charge in [0.25, 0.3) is 0 Å². The summed E-state index contributed by atoms with van der Waals surface area (Å²) in [5.41, 5.74) is 2.47. The lowest BCUT2D eigenvalue weighted by Gasteiger charge is -2.37. The molecule has 6 rings (SSSR count). The average Bonchev–Trinajstić information content (AvgIpc) is 3.52. The van der Waals surface area contributed by atoms with Crippen LogP contribution in [0, 0.1) is 23.0 Å². The number of rotatable bonds is 5. The van der Waals surface area contributed by atoms with Gasteiger partial charge in [-0.15, -0.1) is 5.10 Å². The summed E-state index contributed by atoms with van der Waals surface area (Å²) in [6.45, 7) is 8.15. The van der Waals surface area contributed by atoms with Crippen LogP contribution in [0.4, 0.5) is 8.78 Å². The monoisotopic (exact) mass is 503 g/mol. The highest BCUT2D eigenvalue weighted by molar-refractivity contribution is 5.64. The first-order valence-electron chi connectivity index (χ1n) is 12.4. The Bertz CT molecular complexity index is 1500. The summed E-state index contributed by atoms with van der Waals surface area (Å²) in [5, 5.41) is 19.2. The molecule has 1 fully saturated rings. The number of fused-ring (bicyclic) bond motifs is 5. The first kappa shape index (κ1) is 23.8. The highest BCUT2D eigenvalue weighted by Crippen LogP contribution is 2.69. The predicted molar refractivity (Wildman–Crippen MR) is 131 cm³/mol. The standard InChI is InChI=1S/C28H27F2N5O2/c1-14(2)24(36)21-13-37-26(33-21)20-11-31-12-22(32-20)28-9-8-16(27(28,3)4)15-10-19(34-35-25(15)28)23-17(29)6-5-7-18(23)30/h5-7,10-14,16,24,36H,8-9H2,1-4H3/t16-,24+,28+/m0/s1. The van der Waals surface area contributed by atoms with Crippen molar-refractivity contribution in [1.82, 2.24) is 25.1 Å². The van der Waals surface area contributed by atoms with Crippen LogP contribution in [0.15, 0.2) is 47.3 Å². The molecule has 0 spiro atoms. The third-order valence-corrected chi connectivity index (χ3v) is 8.35. The van der Waals surface area contributed by atoms with Gasteiger partial charge in [-0.2, -0.15) is 5.10 Å². The van der Waals surface area contributed by atoms with Gasteiger partial charge in [-0.25, -0.2) is 18.7 Å². The van der Waals surface area contributed by atoms with Crippen LogP contribution in [0.1, 0.15) is 75.2 Å². The van der Waals surface area contributed by atoms with Crippen LogP contribution in [0.2, 0.25) is 0 Å². The van der Waals surface area contributed by atoms with E-state index in [4.69, 9.17) is 9.40 Å². The number of aromatic nitrogens is 5. The molecule has 4 aromatic rings. The van der Waals surface area contributed by atoms with Crippen molar-refractivity contribution >= 4 is 0 Å². The maximum atomic E-state index is 14.5. The molecule has 0 saturated heterocycles. The fourth-order valence-corrected chi connectivity index (χ4v) is 6.31. The summed E-state index contributed by atoms with van der Waals surface area (Å²) in [4.78, 5) is 13.8. The Kier molecular flexibility index (Phi) is 5.28. The van der Waals surface area contributed by atoms with Gasteiger partial charge in [0, 0.05) is 6.20 Å². The molecule has 0 amide bonds. The van der Waals surface area contributed by atoms with E-state index in [0.29, 0.717) is 11.4 Å². The lowest BCUT2D eigenvalue weighted by atomic mass is 9.66. The van der Waals surface area contributed by atoms with Crippen LogP contribution in [0.5, 0.6) is 0 Å². The molecular formula is C28H27F2N5O2. The molecule has 2 bridgehead atoms. The molecule has 9 heteroatoms. The number of benzene rings is 1. The number of aliphatic hydroxyl groups is 1. The summed E-state index contributed by atoms with van der Waals surface area (Å²) in [6, 6.07) is 5.56. The maximum Gasteiger partial charge on any atom is 0.247 e. The van der Waals surface area contributed by atoms with E-state index in [2.05, 4.69) is 34.0 Å². The second-order valence-electron chi connectivity index (χ2n) is 10.9. The van der Waals surface area contributed by atoms with Gasteiger partial charge in [0.1, 0.15) is 35.4 Å². The minimum absolute atomic E-state index is 0.0122. The SMILES string of the molecule is CC(C)[C@@H](O)c1coc(-c2cncc([C@]34CC[C@@H](c5cc(-c6c(F)cccc6F)nnc53)C4(C)C)n2)n1. The van der Waals surface area contributed by atoms with E-state index in [1.54, 1.807) is 18.5 Å². The summed E-state index contributed by atoms with van der Waals surface area (Å²) in [6.07, 6.45) is 5.69. The lowest BCUT2D eigenvalue weighted by molar-refractivity contribution is 0.122. The summed E-state index contributed by atoms with van der Waals surface area (Å²) < 4.78 is 34.7. The Morgan fingerprint density at radius 3 is 2.54 bits per heavy atom. The molecule has 190 valence electrons. The molecule has 0 unspecified atom stereocenters. The largest absolute Gasteiger partial charge is 0.443 e. The van der Waals surface area contributed by atoms with Crippen molar-refractivity contribution < 1.29 is 18.3 Å². The third kappa shape index (κ3) is 3.29. The van der Waals surface area contributed by atoms with Crippen molar-refractivity contribution in [2.45, 2.75) is 58.0 Å². The molecule has 2 aliphatic carbocycles. The Balaban J connectivity index is 1.46. The van der Waals surface area contributed by atoms with Crippen LogP contribution in [-0.2, 0) is 5.41 Å². The van der Waals surface area contributed by atoms with Crippen molar-refractivity contribution in [3.8, 4) is 22.8 Å². The molecule has 37 heavy (non-hydrogen) atoms. The Labute approximate surface area is 213 Å². The van der Waals surface area contributed by atoms with Crippen molar-refractivity contribution in [3.63, 3.8) is 0 Å².